The second kappa shape index (κ2) is 11.0. The first-order chi connectivity index (χ1) is 17.4. The molecule has 0 saturated heterocycles. The zero-order valence-corrected chi connectivity index (χ0v) is 20.5. The van der Waals surface area contributed by atoms with Crippen LogP contribution in [-0.2, 0) is 4.74 Å². The molecule has 186 valence electrons. The molecule has 0 bridgehead atoms. The lowest BCUT2D eigenvalue weighted by Gasteiger charge is -2.30. The highest BCUT2D eigenvalue weighted by molar-refractivity contribution is 5.96. The predicted octanol–water partition coefficient (Wildman–Crippen LogP) is 7.03. The number of nitrogens with one attached hydrogen (secondary N) is 3. The number of nitriles is 1. The molecule has 0 atom stereocenters. The molecular weight excluding hydrogens is 456 g/mol. The largest absolute Gasteiger partial charge is 0.494 e. The number of amides is 1. The number of carbonyl (C=O) groups excluding carboxylic acids is 1. The van der Waals surface area contributed by atoms with Gasteiger partial charge in [0.05, 0.1) is 29.5 Å². The van der Waals surface area contributed by atoms with Crippen molar-refractivity contribution in [2.45, 2.75) is 58.1 Å². The van der Waals surface area contributed by atoms with Gasteiger partial charge in [-0.15, -0.1) is 5.11 Å². The van der Waals surface area contributed by atoms with E-state index in [9.17, 15) is 10.1 Å². The van der Waals surface area contributed by atoms with E-state index in [1.54, 1.807) is 13.8 Å². The van der Waals surface area contributed by atoms with Gasteiger partial charge < -0.3 is 14.0 Å². The number of anilines is 1. The average molecular weight is 487 g/mol. The molecule has 0 unspecified atom stereocenters. The summed E-state index contributed by atoms with van der Waals surface area (Å²) in [6, 6.07) is 16.0. The van der Waals surface area contributed by atoms with Crippen LogP contribution in [0.5, 0.6) is 5.75 Å². The number of ether oxygens (including phenoxy) is 2. The molecule has 3 N–H and O–H groups in total. The molecule has 9 heteroatoms. The molecule has 1 aromatic heterocycles. The molecule has 1 fully saturated rings. The zero-order chi connectivity index (χ0) is 25.7. The van der Waals surface area contributed by atoms with Crippen molar-refractivity contribution in [3.05, 3.63) is 48.0 Å². The third kappa shape index (κ3) is 5.38. The van der Waals surface area contributed by atoms with Crippen LogP contribution < -0.4 is 10.1 Å². The van der Waals surface area contributed by atoms with E-state index >= 15 is 0 Å². The van der Waals surface area contributed by atoms with Gasteiger partial charge in [-0.2, -0.15) is 5.26 Å². The number of hydrogen-bond donors (Lipinski definition) is 3. The molecule has 0 aliphatic heterocycles. The van der Waals surface area contributed by atoms with Gasteiger partial charge in [0.1, 0.15) is 17.7 Å². The second-order valence-corrected chi connectivity index (χ2v) is 9.14. The molecule has 2 aromatic carbocycles. The Labute approximate surface area is 210 Å². The van der Waals surface area contributed by atoms with Crippen molar-refractivity contribution < 1.29 is 14.3 Å². The fourth-order valence-electron chi connectivity index (χ4n) is 4.36. The van der Waals surface area contributed by atoms with E-state index in [4.69, 9.17) is 20.4 Å². The summed E-state index contributed by atoms with van der Waals surface area (Å²) in [5, 5.41) is 24.3. The van der Waals surface area contributed by atoms with Crippen molar-refractivity contribution in [3.63, 3.8) is 0 Å². The molecule has 1 aliphatic carbocycles. The maximum absolute atomic E-state index is 11.9. The smallest absolute Gasteiger partial charge is 0.411 e. The topological polar surface area (TPSA) is 136 Å². The third-order valence-corrected chi connectivity index (χ3v) is 6.24. The monoisotopic (exact) mass is 486 g/mol. The lowest BCUT2D eigenvalue weighted by atomic mass is 9.92. The molecule has 36 heavy (non-hydrogen) atoms. The number of nitrogens with zero attached hydrogens (tertiary/aromatic N) is 3. The molecule has 4 rings (SSSR count). The summed E-state index contributed by atoms with van der Waals surface area (Å²) in [6.45, 7) is 4.01. The van der Waals surface area contributed by atoms with Crippen LogP contribution in [0.4, 0.5) is 10.5 Å². The van der Waals surface area contributed by atoms with Gasteiger partial charge >= 0.3 is 6.09 Å². The summed E-state index contributed by atoms with van der Waals surface area (Å²) in [6.07, 6.45) is 3.53. The number of amidine groups is 1. The Bertz CT molecular complexity index is 1320. The number of carbonyl (C=O) groups is 1. The molecule has 3 aromatic rings. The highest BCUT2D eigenvalue weighted by Crippen LogP contribution is 2.43. The zero-order valence-electron chi connectivity index (χ0n) is 20.5. The predicted molar refractivity (Wildman–Crippen MR) is 138 cm³/mol. The summed E-state index contributed by atoms with van der Waals surface area (Å²) in [4.78, 5) is 11.9. The molecule has 1 aliphatic rings. The lowest BCUT2D eigenvalue weighted by Crippen LogP contribution is -2.18. The Hall–Kier alpha value is -4.19. The Kier molecular flexibility index (Phi) is 7.64. The Morgan fingerprint density at radius 1 is 1.25 bits per heavy atom. The molecule has 1 heterocycles. The van der Waals surface area contributed by atoms with Crippen molar-refractivity contribution in [2.75, 3.05) is 11.9 Å². The Balaban J connectivity index is 1.66. The van der Waals surface area contributed by atoms with Gasteiger partial charge in [0.2, 0.25) is 0 Å². The van der Waals surface area contributed by atoms with Gasteiger partial charge in [-0.25, -0.2) is 10.3 Å². The SMILES string of the molecule is CC(C)OC(=O)Nc1ccc(-c2c(C#N)c3ccc(OCCCC(=N)N=N)cc3n2C2CCC2)cc1. The van der Waals surface area contributed by atoms with Crippen molar-refractivity contribution in [1.29, 1.82) is 16.2 Å². The molecule has 0 spiro atoms. The Morgan fingerprint density at radius 3 is 2.61 bits per heavy atom. The summed E-state index contributed by atoms with van der Waals surface area (Å²) in [7, 11) is 0. The van der Waals surface area contributed by atoms with E-state index in [0.717, 1.165) is 41.4 Å². The second-order valence-electron chi connectivity index (χ2n) is 9.14. The first-order valence-electron chi connectivity index (χ1n) is 12.1. The first-order valence-corrected chi connectivity index (χ1v) is 12.1. The van der Waals surface area contributed by atoms with Crippen LogP contribution in [0.2, 0.25) is 0 Å². The minimum Gasteiger partial charge on any atom is -0.494 e. The number of hydrogen-bond acceptors (Lipinski definition) is 6. The molecule has 1 saturated carbocycles. The van der Waals surface area contributed by atoms with E-state index in [1.165, 1.54) is 0 Å². The maximum atomic E-state index is 11.9. The van der Waals surface area contributed by atoms with Gasteiger partial charge in [0.15, 0.2) is 0 Å². The molecule has 9 nitrogen and oxygen atoms in total. The highest BCUT2D eigenvalue weighted by Gasteiger charge is 2.28. The van der Waals surface area contributed by atoms with Crippen molar-refractivity contribution >= 4 is 28.5 Å². The van der Waals surface area contributed by atoms with E-state index < -0.39 is 6.09 Å². The van der Waals surface area contributed by atoms with Gasteiger partial charge in [-0.1, -0.05) is 12.1 Å². The van der Waals surface area contributed by atoms with Gasteiger partial charge in [0.25, 0.3) is 0 Å². The van der Waals surface area contributed by atoms with E-state index in [2.05, 4.69) is 21.1 Å². The third-order valence-electron chi connectivity index (χ3n) is 6.24. The summed E-state index contributed by atoms with van der Waals surface area (Å²) in [5.74, 6) is 0.739. The molecular formula is C27H30N6O3. The normalized spacial score (nSPS) is 13.2. The van der Waals surface area contributed by atoms with Gasteiger partial charge in [-0.05, 0) is 69.4 Å². The van der Waals surface area contributed by atoms with E-state index in [-0.39, 0.29) is 11.9 Å². The van der Waals surface area contributed by atoms with Gasteiger partial charge in [-0.3, -0.25) is 10.7 Å². The fourth-order valence-corrected chi connectivity index (χ4v) is 4.36. The Morgan fingerprint density at radius 2 is 2.00 bits per heavy atom. The summed E-state index contributed by atoms with van der Waals surface area (Å²) < 4.78 is 13.3. The van der Waals surface area contributed by atoms with Crippen LogP contribution in [0.3, 0.4) is 0 Å². The molecule has 1 amide bonds. The first kappa shape index (κ1) is 24.9. The van der Waals surface area contributed by atoms with Crippen LogP contribution in [0.1, 0.15) is 57.6 Å². The van der Waals surface area contributed by atoms with E-state index in [0.29, 0.717) is 42.5 Å². The van der Waals surface area contributed by atoms with E-state index in [1.807, 2.05) is 42.5 Å². The number of rotatable bonds is 9. The lowest BCUT2D eigenvalue weighted by molar-refractivity contribution is 0.130. The maximum Gasteiger partial charge on any atom is 0.411 e. The summed E-state index contributed by atoms with van der Waals surface area (Å²) in [5.41, 5.74) is 10.8. The minimum absolute atomic E-state index is 0.0363. The van der Waals surface area contributed by atoms with Crippen molar-refractivity contribution in [2.24, 2.45) is 5.11 Å². The van der Waals surface area contributed by atoms with Crippen LogP contribution in [0.15, 0.2) is 47.6 Å². The van der Waals surface area contributed by atoms with Crippen LogP contribution in [0.25, 0.3) is 22.2 Å². The number of benzene rings is 2. The van der Waals surface area contributed by atoms with Gasteiger partial charge in [0, 0.05) is 29.6 Å². The standard InChI is InChI=1S/C27H30N6O3/c1-17(2)36-27(34)31-19-10-8-18(9-11-19)26-23(16-28)22-13-12-21(35-14-4-7-25(29)32-30)15-24(22)33(26)20-5-3-6-20/h8-13,15,17,20,29-30H,3-7,14H2,1-2H3,(H,31,34). The highest BCUT2D eigenvalue weighted by atomic mass is 16.6. The number of aromatic nitrogens is 1. The fraction of sp³-hybridized carbons (Fsp3) is 0.370. The molecule has 0 radical (unpaired) electrons. The van der Waals surface area contributed by atoms with Crippen LogP contribution >= 0.6 is 0 Å². The number of fused-ring (bicyclic) bond motifs is 1. The van der Waals surface area contributed by atoms with Crippen LogP contribution in [-0.4, -0.2) is 29.2 Å². The van der Waals surface area contributed by atoms with Crippen LogP contribution in [0, 0.1) is 22.3 Å². The summed E-state index contributed by atoms with van der Waals surface area (Å²) >= 11 is 0. The van der Waals surface area contributed by atoms with Crippen molar-refractivity contribution in [3.8, 4) is 23.1 Å². The quantitative estimate of drug-likeness (QED) is 0.129. The van der Waals surface area contributed by atoms with Crippen molar-refractivity contribution in [1.82, 2.24) is 4.57 Å². The average Bonchev–Trinajstić information content (AvgIpc) is 3.13. The minimum atomic E-state index is -0.502.